The van der Waals surface area contributed by atoms with Gasteiger partial charge in [0.25, 0.3) is 0 Å². The Morgan fingerprint density at radius 3 is 0.659 bits per heavy atom. The van der Waals surface area contributed by atoms with Crippen molar-refractivity contribution in [3.8, 4) is 28.0 Å². The first kappa shape index (κ1) is 31.7. The molecule has 0 atom stereocenters. The highest BCUT2D eigenvalue weighted by molar-refractivity contribution is 7.55. The Morgan fingerprint density at radius 1 is 0.250 bits per heavy atom. The minimum absolute atomic E-state index is 0.322. The van der Waals surface area contributed by atoms with Gasteiger partial charge in [0.15, 0.2) is 0 Å². The van der Waals surface area contributed by atoms with Crippen LogP contribution in [0.25, 0.3) is 22.3 Å². The molecule has 0 radical (unpaired) electrons. The average molecular weight is 589 g/mol. The predicted molar refractivity (Wildman–Crippen MR) is 192 cm³/mol. The van der Waals surface area contributed by atoms with Gasteiger partial charge in [-0.05, 0) is 45.0 Å². The third-order valence-electron chi connectivity index (χ3n) is 6.35. The second kappa shape index (κ2) is 19.1. The lowest BCUT2D eigenvalue weighted by Crippen LogP contribution is -2.01. The van der Waals surface area contributed by atoms with Crippen LogP contribution in [0, 0.1) is 0 Å². The molecular formula is C42H37OP. The van der Waals surface area contributed by atoms with Crippen LogP contribution in [0.4, 0.5) is 0 Å². The molecule has 0 aliphatic carbocycles. The van der Waals surface area contributed by atoms with Gasteiger partial charge in [-0.2, -0.15) is 0 Å². The normalized spacial score (nSPS) is 9.55. The number of phenols is 1. The molecule has 0 saturated heterocycles. The van der Waals surface area contributed by atoms with E-state index in [1.165, 1.54) is 32.9 Å². The highest BCUT2D eigenvalue weighted by atomic mass is 31.1. The Bertz CT molecular complexity index is 1490. The van der Waals surface area contributed by atoms with Crippen LogP contribution in [0.1, 0.15) is 0 Å². The molecule has 1 N–H and O–H groups in total. The molecule has 0 spiro atoms. The second-order valence-corrected chi connectivity index (χ2v) is 11.1. The Balaban J connectivity index is 0.000000137. The summed E-state index contributed by atoms with van der Waals surface area (Å²) in [7, 11) is 0.777. The van der Waals surface area contributed by atoms with Crippen molar-refractivity contribution in [1.29, 1.82) is 0 Å². The monoisotopic (exact) mass is 588 g/mol. The largest absolute Gasteiger partial charge is 0.508 e. The van der Waals surface area contributed by atoms with Crippen molar-refractivity contribution in [2.45, 2.75) is 0 Å². The first-order chi connectivity index (χ1) is 21.8. The maximum absolute atomic E-state index is 8.63. The maximum atomic E-state index is 8.63. The van der Waals surface area contributed by atoms with Crippen LogP contribution in [-0.2, 0) is 0 Å². The summed E-state index contributed by atoms with van der Waals surface area (Å²) in [5, 5.41) is 11.4. The van der Waals surface area contributed by atoms with E-state index in [1.807, 2.05) is 30.3 Å². The van der Waals surface area contributed by atoms with Crippen molar-refractivity contribution < 1.29 is 5.11 Å². The highest BCUT2D eigenvalue weighted by Gasteiger charge is 1.94. The quantitative estimate of drug-likeness (QED) is 0.203. The van der Waals surface area contributed by atoms with Crippen LogP contribution in [-0.4, -0.2) is 5.11 Å². The van der Waals surface area contributed by atoms with Gasteiger partial charge in [-0.3, -0.25) is 0 Å². The van der Waals surface area contributed by atoms with Crippen molar-refractivity contribution >= 4 is 19.2 Å². The van der Waals surface area contributed by atoms with Crippen LogP contribution in [0.15, 0.2) is 212 Å². The predicted octanol–water partition coefficient (Wildman–Crippen LogP) is 10.4. The Morgan fingerprint density at radius 2 is 0.455 bits per heavy atom. The molecule has 0 aliphatic heterocycles. The number of aromatic hydroxyl groups is 1. The van der Waals surface area contributed by atoms with Crippen LogP contribution < -0.4 is 10.6 Å². The van der Waals surface area contributed by atoms with E-state index in [1.54, 1.807) is 24.3 Å². The zero-order chi connectivity index (χ0) is 30.5. The first-order valence-corrected chi connectivity index (χ1v) is 15.6. The molecule has 7 aromatic carbocycles. The van der Waals surface area contributed by atoms with Crippen LogP contribution in [0.2, 0.25) is 0 Å². The smallest absolute Gasteiger partial charge is 0.115 e. The zero-order valence-electron chi connectivity index (χ0n) is 24.7. The standard InChI is InChI=1S/C12H11P.2C12H10.C6H6O/c1-3-7-11(8-4-1)13-12-9-5-2-6-10-12;2*1-3-7-11(8-4-1)12-9-5-2-6-10-12;7-6-4-2-1-3-5-6/h1-10,13H;2*1-10H;1-5,7H. The molecule has 7 aromatic rings. The van der Waals surface area contributed by atoms with E-state index in [0.29, 0.717) is 5.75 Å². The van der Waals surface area contributed by atoms with E-state index in [9.17, 15) is 0 Å². The molecule has 0 aromatic heterocycles. The molecule has 7 rings (SSSR count). The Labute approximate surface area is 264 Å². The van der Waals surface area contributed by atoms with Crippen molar-refractivity contribution in [1.82, 2.24) is 0 Å². The Hall–Kier alpha value is -5.23. The average Bonchev–Trinajstić information content (AvgIpc) is 3.12. The van der Waals surface area contributed by atoms with Gasteiger partial charge in [-0.25, -0.2) is 0 Å². The number of para-hydroxylation sites is 1. The summed E-state index contributed by atoms with van der Waals surface area (Å²) < 4.78 is 0. The molecule has 0 unspecified atom stereocenters. The number of rotatable bonds is 4. The van der Waals surface area contributed by atoms with Crippen LogP contribution in [0.5, 0.6) is 5.75 Å². The number of hydrogen-bond donors (Lipinski definition) is 1. The summed E-state index contributed by atoms with van der Waals surface area (Å²) >= 11 is 0. The topological polar surface area (TPSA) is 20.2 Å². The summed E-state index contributed by atoms with van der Waals surface area (Å²) in [6, 6.07) is 71.4. The molecule has 216 valence electrons. The molecule has 2 heteroatoms. The van der Waals surface area contributed by atoms with Crippen molar-refractivity contribution in [3.05, 3.63) is 212 Å². The minimum atomic E-state index is 0.322. The lowest BCUT2D eigenvalue weighted by Gasteiger charge is -2.00. The minimum Gasteiger partial charge on any atom is -0.508 e. The van der Waals surface area contributed by atoms with Crippen molar-refractivity contribution in [2.75, 3.05) is 0 Å². The fraction of sp³-hybridized carbons (Fsp3) is 0. The second-order valence-electron chi connectivity index (χ2n) is 9.66. The third-order valence-corrected chi connectivity index (χ3v) is 7.60. The number of hydrogen-bond acceptors (Lipinski definition) is 1. The molecule has 1 nitrogen and oxygen atoms in total. The van der Waals surface area contributed by atoms with E-state index >= 15 is 0 Å². The van der Waals surface area contributed by atoms with Crippen molar-refractivity contribution in [2.24, 2.45) is 0 Å². The van der Waals surface area contributed by atoms with Gasteiger partial charge >= 0.3 is 0 Å². The first-order valence-electron chi connectivity index (χ1n) is 14.6. The van der Waals surface area contributed by atoms with Gasteiger partial charge in [-0.15, -0.1) is 0 Å². The van der Waals surface area contributed by atoms with Crippen LogP contribution in [0.3, 0.4) is 0 Å². The maximum Gasteiger partial charge on any atom is 0.115 e. The molecule has 44 heavy (non-hydrogen) atoms. The van der Waals surface area contributed by atoms with E-state index in [0.717, 1.165) is 8.58 Å². The zero-order valence-corrected chi connectivity index (χ0v) is 25.7. The van der Waals surface area contributed by atoms with E-state index < -0.39 is 0 Å². The van der Waals surface area contributed by atoms with Gasteiger partial charge in [0.05, 0.1) is 0 Å². The summed E-state index contributed by atoms with van der Waals surface area (Å²) in [6.45, 7) is 0. The fourth-order valence-electron chi connectivity index (χ4n) is 4.16. The van der Waals surface area contributed by atoms with Gasteiger partial charge in [0.2, 0.25) is 0 Å². The molecule has 0 heterocycles. The highest BCUT2D eigenvalue weighted by Crippen LogP contribution is 2.18. The molecule has 0 saturated carbocycles. The number of phenolic OH excluding ortho intramolecular Hbond substituents is 1. The lowest BCUT2D eigenvalue weighted by molar-refractivity contribution is 0.475. The van der Waals surface area contributed by atoms with Crippen molar-refractivity contribution in [3.63, 3.8) is 0 Å². The summed E-state index contributed by atoms with van der Waals surface area (Å²) in [4.78, 5) is 0. The van der Waals surface area contributed by atoms with E-state index in [4.69, 9.17) is 5.11 Å². The summed E-state index contributed by atoms with van der Waals surface area (Å²) in [6.07, 6.45) is 0. The van der Waals surface area contributed by atoms with Gasteiger partial charge in [-0.1, -0.05) is 209 Å². The van der Waals surface area contributed by atoms with Gasteiger partial charge in [0, 0.05) is 0 Å². The van der Waals surface area contributed by atoms with Gasteiger partial charge < -0.3 is 5.11 Å². The van der Waals surface area contributed by atoms with Gasteiger partial charge in [0.1, 0.15) is 5.75 Å². The van der Waals surface area contributed by atoms with E-state index in [-0.39, 0.29) is 0 Å². The third kappa shape index (κ3) is 11.9. The van der Waals surface area contributed by atoms with E-state index in [2.05, 4.69) is 158 Å². The molecular weight excluding hydrogens is 551 g/mol. The fourth-order valence-corrected chi connectivity index (χ4v) is 5.21. The molecule has 0 amide bonds. The summed E-state index contributed by atoms with van der Waals surface area (Å²) in [5.74, 6) is 0.322. The van der Waals surface area contributed by atoms with Crippen LogP contribution >= 0.6 is 8.58 Å². The molecule has 0 bridgehead atoms. The SMILES string of the molecule is Oc1ccccc1.c1ccc(-c2ccccc2)cc1.c1ccc(-c2ccccc2)cc1.c1ccc(Pc2ccccc2)cc1. The number of benzene rings is 7. The molecule has 0 aliphatic rings. The summed E-state index contributed by atoms with van der Waals surface area (Å²) in [5.41, 5.74) is 5.10. The Kier molecular flexibility index (Phi) is 13.7. The molecule has 0 fully saturated rings. The lowest BCUT2D eigenvalue weighted by atomic mass is 10.1.